The molecule has 106 valence electrons. The molecule has 0 heterocycles. The van der Waals surface area contributed by atoms with Crippen molar-refractivity contribution in [3.8, 4) is 0 Å². The van der Waals surface area contributed by atoms with Gasteiger partial charge in [0.25, 0.3) is 0 Å². The van der Waals surface area contributed by atoms with E-state index < -0.39 is 0 Å². The van der Waals surface area contributed by atoms with Crippen LogP contribution in [0.1, 0.15) is 12.5 Å². The first-order valence-electron chi connectivity index (χ1n) is 6.36. The van der Waals surface area contributed by atoms with Gasteiger partial charge in [-0.3, -0.25) is 4.79 Å². The second kappa shape index (κ2) is 7.50. The van der Waals surface area contributed by atoms with E-state index >= 15 is 0 Å². The standard InChI is InChI=1S/C14H22BrN3O/c1-5-16-9-11-6-7-12(15)8-13(11)18(4)10-14(19)17(2)3/h6-8,16H,5,9-10H2,1-4H3. The van der Waals surface area contributed by atoms with Crippen LogP contribution in [0.4, 0.5) is 5.69 Å². The van der Waals surface area contributed by atoms with Crippen LogP contribution < -0.4 is 10.2 Å². The minimum atomic E-state index is 0.0943. The summed E-state index contributed by atoms with van der Waals surface area (Å²) in [5.41, 5.74) is 2.27. The summed E-state index contributed by atoms with van der Waals surface area (Å²) in [6, 6.07) is 6.16. The highest BCUT2D eigenvalue weighted by Gasteiger charge is 2.12. The highest BCUT2D eigenvalue weighted by atomic mass is 79.9. The van der Waals surface area contributed by atoms with Gasteiger partial charge in [-0.05, 0) is 24.2 Å². The van der Waals surface area contributed by atoms with Gasteiger partial charge in [0, 0.05) is 37.8 Å². The van der Waals surface area contributed by atoms with Crippen molar-refractivity contribution < 1.29 is 4.79 Å². The van der Waals surface area contributed by atoms with E-state index in [1.165, 1.54) is 5.56 Å². The molecule has 0 spiro atoms. The number of amides is 1. The fraction of sp³-hybridized carbons (Fsp3) is 0.500. The van der Waals surface area contributed by atoms with Crippen molar-refractivity contribution in [1.82, 2.24) is 10.2 Å². The van der Waals surface area contributed by atoms with Gasteiger partial charge in [0.15, 0.2) is 0 Å². The maximum atomic E-state index is 11.8. The predicted octanol–water partition coefficient (Wildman–Crippen LogP) is 2.08. The molecule has 0 bridgehead atoms. The normalized spacial score (nSPS) is 10.4. The zero-order chi connectivity index (χ0) is 14.4. The van der Waals surface area contributed by atoms with E-state index in [0.717, 1.165) is 23.2 Å². The zero-order valence-electron chi connectivity index (χ0n) is 12.0. The summed E-state index contributed by atoms with van der Waals surface area (Å²) in [5, 5.41) is 3.32. The minimum Gasteiger partial charge on any atom is -0.365 e. The van der Waals surface area contributed by atoms with Gasteiger partial charge in [-0.15, -0.1) is 0 Å². The number of carbonyl (C=O) groups excluding carboxylic acids is 1. The smallest absolute Gasteiger partial charge is 0.241 e. The Morgan fingerprint density at radius 1 is 1.32 bits per heavy atom. The summed E-state index contributed by atoms with van der Waals surface area (Å²) in [5.74, 6) is 0.0943. The van der Waals surface area contributed by atoms with Gasteiger partial charge in [-0.25, -0.2) is 0 Å². The molecule has 1 aromatic carbocycles. The lowest BCUT2D eigenvalue weighted by Gasteiger charge is -2.24. The molecule has 0 radical (unpaired) electrons. The van der Waals surface area contributed by atoms with E-state index in [4.69, 9.17) is 0 Å². The van der Waals surface area contributed by atoms with E-state index in [0.29, 0.717) is 6.54 Å². The molecular weight excluding hydrogens is 306 g/mol. The van der Waals surface area contributed by atoms with Gasteiger partial charge < -0.3 is 15.1 Å². The minimum absolute atomic E-state index is 0.0943. The number of nitrogens with zero attached hydrogens (tertiary/aromatic N) is 2. The van der Waals surface area contributed by atoms with Crippen LogP contribution >= 0.6 is 15.9 Å². The first kappa shape index (κ1) is 16.0. The Labute approximate surface area is 123 Å². The molecule has 0 atom stereocenters. The maximum Gasteiger partial charge on any atom is 0.241 e. The topological polar surface area (TPSA) is 35.6 Å². The van der Waals surface area contributed by atoms with Gasteiger partial charge in [0.1, 0.15) is 0 Å². The largest absolute Gasteiger partial charge is 0.365 e. The fourth-order valence-corrected chi connectivity index (χ4v) is 2.08. The monoisotopic (exact) mass is 327 g/mol. The molecule has 19 heavy (non-hydrogen) atoms. The van der Waals surface area contributed by atoms with Crippen LogP contribution in [0.25, 0.3) is 0 Å². The van der Waals surface area contributed by atoms with Crippen LogP contribution in [0.3, 0.4) is 0 Å². The molecule has 0 aliphatic heterocycles. The number of benzene rings is 1. The first-order chi connectivity index (χ1) is 8.95. The number of likely N-dealkylation sites (N-methyl/N-ethyl adjacent to an activating group) is 2. The van der Waals surface area contributed by atoms with E-state index in [9.17, 15) is 4.79 Å². The molecule has 1 rings (SSSR count). The molecular formula is C14H22BrN3O. The van der Waals surface area contributed by atoms with Crippen molar-refractivity contribution in [1.29, 1.82) is 0 Å². The van der Waals surface area contributed by atoms with Crippen molar-refractivity contribution in [3.05, 3.63) is 28.2 Å². The Kier molecular flexibility index (Phi) is 6.31. The van der Waals surface area contributed by atoms with Gasteiger partial charge >= 0.3 is 0 Å². The number of halogens is 1. The molecule has 0 fully saturated rings. The molecule has 1 N–H and O–H groups in total. The molecule has 0 aromatic heterocycles. The van der Waals surface area contributed by atoms with Gasteiger partial charge in [0.05, 0.1) is 6.54 Å². The Balaban J connectivity index is 2.89. The van der Waals surface area contributed by atoms with Crippen molar-refractivity contribution >= 4 is 27.5 Å². The average Bonchev–Trinajstić information content (AvgIpc) is 2.36. The quantitative estimate of drug-likeness (QED) is 0.869. The third-order valence-corrected chi connectivity index (χ3v) is 3.39. The molecule has 0 aliphatic rings. The maximum absolute atomic E-state index is 11.8. The van der Waals surface area contributed by atoms with E-state index in [-0.39, 0.29) is 5.91 Å². The molecule has 0 unspecified atom stereocenters. The van der Waals surface area contributed by atoms with Crippen molar-refractivity contribution in [2.45, 2.75) is 13.5 Å². The second-order valence-electron chi connectivity index (χ2n) is 4.70. The van der Waals surface area contributed by atoms with Crippen LogP contribution in [0, 0.1) is 0 Å². The number of hydrogen-bond donors (Lipinski definition) is 1. The lowest BCUT2D eigenvalue weighted by molar-refractivity contribution is -0.127. The number of carbonyl (C=O) groups is 1. The fourth-order valence-electron chi connectivity index (χ4n) is 1.73. The molecule has 0 aliphatic carbocycles. The van der Waals surface area contributed by atoms with Gasteiger partial charge in [0.2, 0.25) is 5.91 Å². The third-order valence-electron chi connectivity index (χ3n) is 2.90. The Bertz CT molecular complexity index is 435. The predicted molar refractivity (Wildman–Crippen MR) is 83.5 cm³/mol. The van der Waals surface area contributed by atoms with Crippen LogP contribution in [-0.2, 0) is 11.3 Å². The SMILES string of the molecule is CCNCc1ccc(Br)cc1N(C)CC(=O)N(C)C. The highest BCUT2D eigenvalue weighted by molar-refractivity contribution is 9.10. The molecule has 0 saturated carbocycles. The summed E-state index contributed by atoms with van der Waals surface area (Å²) in [4.78, 5) is 15.4. The zero-order valence-corrected chi connectivity index (χ0v) is 13.6. The van der Waals surface area contributed by atoms with E-state index in [1.807, 2.05) is 18.0 Å². The van der Waals surface area contributed by atoms with Crippen molar-refractivity contribution in [2.24, 2.45) is 0 Å². The van der Waals surface area contributed by atoms with E-state index in [1.54, 1.807) is 19.0 Å². The first-order valence-corrected chi connectivity index (χ1v) is 7.15. The lowest BCUT2D eigenvalue weighted by atomic mass is 10.1. The second-order valence-corrected chi connectivity index (χ2v) is 5.61. The molecule has 5 heteroatoms. The Hall–Kier alpha value is -1.07. The van der Waals surface area contributed by atoms with Crippen molar-refractivity contribution in [3.63, 3.8) is 0 Å². The number of nitrogens with one attached hydrogen (secondary N) is 1. The van der Waals surface area contributed by atoms with Gasteiger partial charge in [-0.2, -0.15) is 0 Å². The Morgan fingerprint density at radius 3 is 2.58 bits per heavy atom. The number of anilines is 1. The van der Waals surface area contributed by atoms with Crippen LogP contribution in [0.2, 0.25) is 0 Å². The highest BCUT2D eigenvalue weighted by Crippen LogP contribution is 2.24. The van der Waals surface area contributed by atoms with Crippen LogP contribution in [0.15, 0.2) is 22.7 Å². The molecule has 0 saturated heterocycles. The molecule has 1 aromatic rings. The lowest BCUT2D eigenvalue weighted by Crippen LogP contribution is -2.35. The van der Waals surface area contributed by atoms with Gasteiger partial charge in [-0.1, -0.05) is 28.9 Å². The summed E-state index contributed by atoms with van der Waals surface area (Å²) < 4.78 is 1.02. The molecule has 4 nitrogen and oxygen atoms in total. The summed E-state index contributed by atoms with van der Waals surface area (Å²) in [7, 11) is 5.49. The molecule has 1 amide bonds. The number of hydrogen-bond acceptors (Lipinski definition) is 3. The summed E-state index contributed by atoms with van der Waals surface area (Å²) >= 11 is 3.49. The summed E-state index contributed by atoms with van der Waals surface area (Å²) in [6.07, 6.45) is 0. The van der Waals surface area contributed by atoms with Crippen LogP contribution in [-0.4, -0.2) is 45.0 Å². The summed E-state index contributed by atoms with van der Waals surface area (Å²) in [6.45, 7) is 4.19. The third kappa shape index (κ3) is 4.84. The average molecular weight is 328 g/mol. The Morgan fingerprint density at radius 2 is 2.00 bits per heavy atom. The van der Waals surface area contributed by atoms with E-state index in [2.05, 4.69) is 40.3 Å². The number of rotatable bonds is 6. The van der Waals surface area contributed by atoms with Crippen LogP contribution in [0.5, 0.6) is 0 Å². The van der Waals surface area contributed by atoms with Crippen molar-refractivity contribution in [2.75, 3.05) is 39.1 Å².